The summed E-state index contributed by atoms with van der Waals surface area (Å²) in [5, 5.41) is 11.2. The molecule has 1 aliphatic carbocycles. The molecule has 0 bridgehead atoms. The van der Waals surface area contributed by atoms with Crippen molar-refractivity contribution in [1.29, 1.82) is 0 Å². The van der Waals surface area contributed by atoms with Crippen molar-refractivity contribution in [3.8, 4) is 0 Å². The maximum Gasteiger partial charge on any atom is 0.303 e. The molecule has 0 heterocycles. The topological polar surface area (TPSA) is 109 Å². The fourth-order valence-electron chi connectivity index (χ4n) is 2.48. The van der Waals surface area contributed by atoms with E-state index in [0.717, 1.165) is 25.7 Å². The Labute approximate surface area is 112 Å². The van der Waals surface area contributed by atoms with Crippen molar-refractivity contribution in [1.82, 2.24) is 5.32 Å². The summed E-state index contributed by atoms with van der Waals surface area (Å²) in [6.45, 7) is 0.306. The van der Waals surface area contributed by atoms with Crippen molar-refractivity contribution in [3.63, 3.8) is 0 Å². The Balaban J connectivity index is 2.25. The quantitative estimate of drug-likeness (QED) is 0.566. The lowest BCUT2D eigenvalue weighted by molar-refractivity contribution is -0.137. The number of carbonyl (C=O) groups excluding carboxylic acids is 2. The number of nitrogens with two attached hydrogens (primary N) is 1. The predicted octanol–water partition coefficient (Wildman–Crippen LogP) is 0.793. The van der Waals surface area contributed by atoms with Crippen molar-refractivity contribution in [3.05, 3.63) is 0 Å². The summed E-state index contributed by atoms with van der Waals surface area (Å²) in [5.74, 6) is -1.33. The number of hydrogen-bond donors (Lipinski definition) is 3. The van der Waals surface area contributed by atoms with Crippen LogP contribution < -0.4 is 11.1 Å². The Kier molecular flexibility index (Phi) is 5.79. The third-order valence-corrected chi connectivity index (χ3v) is 3.75. The second kappa shape index (κ2) is 7.11. The molecule has 0 spiro atoms. The number of hydrogen-bond acceptors (Lipinski definition) is 3. The minimum Gasteiger partial charge on any atom is -0.481 e. The average Bonchev–Trinajstić information content (AvgIpc) is 2.82. The number of amides is 2. The van der Waals surface area contributed by atoms with Crippen LogP contribution in [0.25, 0.3) is 0 Å². The summed E-state index contributed by atoms with van der Waals surface area (Å²) >= 11 is 0. The molecule has 1 aliphatic rings. The number of rotatable bonds is 8. The van der Waals surface area contributed by atoms with E-state index >= 15 is 0 Å². The third kappa shape index (κ3) is 4.89. The molecule has 0 saturated heterocycles. The lowest BCUT2D eigenvalue weighted by Crippen LogP contribution is -2.44. The highest BCUT2D eigenvalue weighted by atomic mass is 16.4. The van der Waals surface area contributed by atoms with Crippen molar-refractivity contribution >= 4 is 17.8 Å². The molecule has 0 aromatic heterocycles. The van der Waals surface area contributed by atoms with Gasteiger partial charge in [-0.05, 0) is 25.7 Å². The van der Waals surface area contributed by atoms with Crippen molar-refractivity contribution in [2.45, 2.75) is 51.4 Å². The molecule has 4 N–H and O–H groups in total. The number of carbonyl (C=O) groups is 3. The zero-order chi connectivity index (χ0) is 14.3. The van der Waals surface area contributed by atoms with Gasteiger partial charge in [0.1, 0.15) is 0 Å². The van der Waals surface area contributed by atoms with Crippen LogP contribution in [0, 0.1) is 5.41 Å². The van der Waals surface area contributed by atoms with Crippen LogP contribution in [0.1, 0.15) is 51.4 Å². The van der Waals surface area contributed by atoms with E-state index in [-0.39, 0.29) is 18.2 Å². The van der Waals surface area contributed by atoms with E-state index in [9.17, 15) is 14.4 Å². The predicted molar refractivity (Wildman–Crippen MR) is 69.2 cm³/mol. The second-order valence-corrected chi connectivity index (χ2v) is 5.23. The number of primary amides is 1. The van der Waals surface area contributed by atoms with Gasteiger partial charge in [0.25, 0.3) is 0 Å². The first kappa shape index (κ1) is 15.5. The van der Waals surface area contributed by atoms with Crippen LogP contribution in [-0.2, 0) is 14.4 Å². The molecule has 0 atom stereocenters. The first-order valence-corrected chi connectivity index (χ1v) is 6.75. The molecular formula is C13H22N2O4. The van der Waals surface area contributed by atoms with Crippen LogP contribution in [0.2, 0.25) is 0 Å². The molecule has 1 saturated carbocycles. The van der Waals surface area contributed by atoms with Gasteiger partial charge in [-0.15, -0.1) is 0 Å². The van der Waals surface area contributed by atoms with Crippen molar-refractivity contribution in [2.75, 3.05) is 6.54 Å². The first-order valence-electron chi connectivity index (χ1n) is 6.75. The molecule has 108 valence electrons. The molecule has 2 amide bonds. The summed E-state index contributed by atoms with van der Waals surface area (Å²) < 4.78 is 0. The second-order valence-electron chi connectivity index (χ2n) is 5.23. The third-order valence-electron chi connectivity index (χ3n) is 3.75. The summed E-state index contributed by atoms with van der Waals surface area (Å²) in [4.78, 5) is 33.4. The van der Waals surface area contributed by atoms with Crippen LogP contribution >= 0.6 is 0 Å². The molecule has 0 radical (unpaired) electrons. The molecule has 0 aliphatic heterocycles. The van der Waals surface area contributed by atoms with Gasteiger partial charge in [0.05, 0.1) is 5.41 Å². The molecule has 1 rings (SSSR count). The van der Waals surface area contributed by atoms with Gasteiger partial charge in [0.2, 0.25) is 11.8 Å². The normalized spacial score (nSPS) is 17.1. The van der Waals surface area contributed by atoms with Gasteiger partial charge in [-0.3, -0.25) is 14.4 Å². The lowest BCUT2D eigenvalue weighted by atomic mass is 9.85. The highest BCUT2D eigenvalue weighted by molar-refractivity contribution is 5.83. The maximum absolute atomic E-state index is 11.6. The van der Waals surface area contributed by atoms with Crippen LogP contribution in [0.5, 0.6) is 0 Å². The van der Waals surface area contributed by atoms with Gasteiger partial charge in [-0.2, -0.15) is 0 Å². The van der Waals surface area contributed by atoms with Gasteiger partial charge >= 0.3 is 5.97 Å². The molecular weight excluding hydrogens is 248 g/mol. The van der Waals surface area contributed by atoms with Crippen LogP contribution in [-0.4, -0.2) is 29.4 Å². The summed E-state index contributed by atoms with van der Waals surface area (Å²) in [6, 6.07) is 0. The zero-order valence-electron chi connectivity index (χ0n) is 11.1. The molecule has 6 nitrogen and oxygen atoms in total. The highest BCUT2D eigenvalue weighted by Gasteiger charge is 2.39. The maximum atomic E-state index is 11.6. The van der Waals surface area contributed by atoms with E-state index in [2.05, 4.69) is 5.32 Å². The number of unbranched alkanes of at least 4 members (excludes halogenated alkanes) is 1. The standard InChI is InChI=1S/C13H22N2O4/c14-12(19)13(7-3-4-8-13)9-15-10(16)5-1-2-6-11(17)18/h1-9H2,(H2,14,19)(H,15,16)(H,17,18). The molecule has 0 aromatic rings. The number of carboxylic acid groups (broad SMARTS) is 1. The SMILES string of the molecule is NC(=O)C1(CNC(=O)CCCCC(=O)O)CCCC1. The summed E-state index contributed by atoms with van der Waals surface area (Å²) in [7, 11) is 0. The van der Waals surface area contributed by atoms with E-state index in [1.807, 2.05) is 0 Å². The molecule has 0 unspecified atom stereocenters. The van der Waals surface area contributed by atoms with E-state index in [0.29, 0.717) is 25.8 Å². The Morgan fingerprint density at radius 3 is 2.21 bits per heavy atom. The number of nitrogens with one attached hydrogen (secondary N) is 1. The smallest absolute Gasteiger partial charge is 0.303 e. The van der Waals surface area contributed by atoms with Crippen LogP contribution in [0.4, 0.5) is 0 Å². The Bertz CT molecular complexity index is 349. The van der Waals surface area contributed by atoms with E-state index in [1.165, 1.54) is 0 Å². The minimum absolute atomic E-state index is 0.0818. The largest absolute Gasteiger partial charge is 0.481 e. The summed E-state index contributed by atoms with van der Waals surface area (Å²) in [6.07, 6.45) is 4.82. The van der Waals surface area contributed by atoms with Gasteiger partial charge in [-0.1, -0.05) is 12.8 Å². The van der Waals surface area contributed by atoms with Crippen molar-refractivity contribution < 1.29 is 19.5 Å². The van der Waals surface area contributed by atoms with E-state index < -0.39 is 11.4 Å². The monoisotopic (exact) mass is 270 g/mol. The van der Waals surface area contributed by atoms with Gasteiger partial charge < -0.3 is 16.2 Å². The average molecular weight is 270 g/mol. The van der Waals surface area contributed by atoms with Crippen LogP contribution in [0.15, 0.2) is 0 Å². The highest BCUT2D eigenvalue weighted by Crippen LogP contribution is 2.37. The zero-order valence-corrected chi connectivity index (χ0v) is 11.1. The fourth-order valence-corrected chi connectivity index (χ4v) is 2.48. The lowest BCUT2D eigenvalue weighted by Gasteiger charge is -2.25. The van der Waals surface area contributed by atoms with Gasteiger partial charge in [0.15, 0.2) is 0 Å². The van der Waals surface area contributed by atoms with Crippen molar-refractivity contribution in [2.24, 2.45) is 11.1 Å². The fraction of sp³-hybridized carbons (Fsp3) is 0.769. The number of carboxylic acids is 1. The van der Waals surface area contributed by atoms with E-state index in [1.54, 1.807) is 0 Å². The number of aliphatic carboxylic acids is 1. The first-order chi connectivity index (χ1) is 8.96. The van der Waals surface area contributed by atoms with E-state index in [4.69, 9.17) is 10.8 Å². The minimum atomic E-state index is -0.848. The van der Waals surface area contributed by atoms with Gasteiger partial charge in [-0.25, -0.2) is 0 Å². The molecule has 19 heavy (non-hydrogen) atoms. The summed E-state index contributed by atoms with van der Waals surface area (Å²) in [5.41, 5.74) is 4.85. The Hall–Kier alpha value is -1.59. The van der Waals surface area contributed by atoms with Gasteiger partial charge in [0, 0.05) is 19.4 Å². The Morgan fingerprint density at radius 2 is 1.68 bits per heavy atom. The van der Waals surface area contributed by atoms with Crippen LogP contribution in [0.3, 0.4) is 0 Å². The molecule has 1 fully saturated rings. The Morgan fingerprint density at radius 1 is 1.11 bits per heavy atom. The molecule has 6 heteroatoms. The molecule has 0 aromatic carbocycles.